The van der Waals surface area contributed by atoms with E-state index in [9.17, 15) is 4.79 Å². The maximum absolute atomic E-state index is 10.2. The number of hydrogen-bond acceptors (Lipinski definition) is 4. The number of carboxylic acid groups (broad SMARTS) is 1. The topological polar surface area (TPSA) is 94.0 Å². The minimum atomic E-state index is -1.05. The molecule has 6 heteroatoms. The highest BCUT2D eigenvalue weighted by atomic mass is 16.4. The van der Waals surface area contributed by atoms with Crippen molar-refractivity contribution in [2.24, 2.45) is 5.73 Å². The molecule has 0 aromatic carbocycles. The van der Waals surface area contributed by atoms with E-state index in [-0.39, 0.29) is 6.54 Å². The lowest BCUT2D eigenvalue weighted by atomic mass is 10.3. The third-order valence-corrected chi connectivity index (χ3v) is 1.14. The lowest BCUT2D eigenvalue weighted by Gasteiger charge is -2.03. The molecule has 6 nitrogen and oxygen atoms in total. The van der Waals surface area contributed by atoms with E-state index >= 15 is 0 Å². The molecule has 0 fully saturated rings. The summed E-state index contributed by atoms with van der Waals surface area (Å²) in [4.78, 5) is 11.5. The largest absolute Gasteiger partial charge is 0.480 e. The molecule has 60 valence electrons. The van der Waals surface area contributed by atoms with Crippen molar-refractivity contribution in [1.82, 2.24) is 15.0 Å². The summed E-state index contributed by atoms with van der Waals surface area (Å²) in [5.74, 6) is -1.05. The first-order valence-corrected chi connectivity index (χ1v) is 3.02. The molecule has 1 rings (SSSR count). The minimum absolute atomic E-state index is 0.0995. The second-order valence-electron chi connectivity index (χ2n) is 2.03. The van der Waals surface area contributed by atoms with Crippen molar-refractivity contribution in [3.8, 4) is 0 Å². The van der Waals surface area contributed by atoms with Crippen molar-refractivity contribution in [2.45, 2.75) is 12.6 Å². The Morgan fingerprint density at radius 1 is 1.64 bits per heavy atom. The van der Waals surface area contributed by atoms with Crippen LogP contribution in [0.5, 0.6) is 0 Å². The minimum Gasteiger partial charge on any atom is -0.480 e. The first kappa shape index (κ1) is 7.67. The summed E-state index contributed by atoms with van der Waals surface area (Å²) in [6.45, 7) is 0.0995. The fourth-order valence-electron chi connectivity index (χ4n) is 0.592. The molecule has 3 N–H and O–H groups in total. The Morgan fingerprint density at radius 3 is 2.64 bits per heavy atom. The molecule has 0 bridgehead atoms. The molecule has 0 aliphatic heterocycles. The molecular formula is C5H8N4O2. The van der Waals surface area contributed by atoms with Crippen LogP contribution in [0.3, 0.4) is 0 Å². The normalized spacial score (nSPS) is 12.8. The SMILES string of the molecule is NC(Cn1nccn1)C(=O)O. The summed E-state index contributed by atoms with van der Waals surface area (Å²) in [7, 11) is 0. The van der Waals surface area contributed by atoms with E-state index in [0.29, 0.717) is 0 Å². The van der Waals surface area contributed by atoms with Crippen LogP contribution in [-0.4, -0.2) is 32.1 Å². The Bertz CT molecular complexity index is 233. The molecule has 0 aliphatic rings. The number of carbonyl (C=O) groups is 1. The molecule has 1 aromatic heterocycles. The lowest BCUT2D eigenvalue weighted by Crippen LogP contribution is -2.35. The van der Waals surface area contributed by atoms with Crippen LogP contribution in [-0.2, 0) is 11.3 Å². The van der Waals surface area contributed by atoms with Gasteiger partial charge in [0.25, 0.3) is 0 Å². The van der Waals surface area contributed by atoms with E-state index in [0.717, 1.165) is 0 Å². The van der Waals surface area contributed by atoms with E-state index in [2.05, 4.69) is 10.2 Å². The van der Waals surface area contributed by atoms with Gasteiger partial charge < -0.3 is 10.8 Å². The lowest BCUT2D eigenvalue weighted by molar-refractivity contribution is -0.138. The second kappa shape index (κ2) is 3.11. The Hall–Kier alpha value is -1.43. The van der Waals surface area contributed by atoms with Crippen LogP contribution in [0.15, 0.2) is 12.4 Å². The average Bonchev–Trinajstić information content (AvgIpc) is 2.39. The predicted octanol–water partition coefficient (Wildman–Crippen LogP) is -1.31. The van der Waals surface area contributed by atoms with Gasteiger partial charge >= 0.3 is 5.97 Å². The van der Waals surface area contributed by atoms with Crippen LogP contribution >= 0.6 is 0 Å². The second-order valence-corrected chi connectivity index (χ2v) is 2.03. The predicted molar refractivity (Wildman–Crippen MR) is 35.6 cm³/mol. The summed E-state index contributed by atoms with van der Waals surface area (Å²) >= 11 is 0. The third-order valence-electron chi connectivity index (χ3n) is 1.14. The number of rotatable bonds is 3. The summed E-state index contributed by atoms with van der Waals surface area (Å²) in [5.41, 5.74) is 5.21. The third kappa shape index (κ3) is 2.01. The molecule has 0 aliphatic carbocycles. The van der Waals surface area contributed by atoms with Crippen LogP contribution in [0.4, 0.5) is 0 Å². The van der Waals surface area contributed by atoms with Crippen LogP contribution in [0, 0.1) is 0 Å². The van der Waals surface area contributed by atoms with E-state index < -0.39 is 12.0 Å². The van der Waals surface area contributed by atoms with Crippen LogP contribution in [0.25, 0.3) is 0 Å². The van der Waals surface area contributed by atoms with Gasteiger partial charge in [-0.1, -0.05) is 0 Å². The van der Waals surface area contributed by atoms with E-state index in [1.54, 1.807) is 0 Å². The van der Waals surface area contributed by atoms with E-state index in [4.69, 9.17) is 10.8 Å². The van der Waals surface area contributed by atoms with Crippen molar-refractivity contribution >= 4 is 5.97 Å². The highest BCUT2D eigenvalue weighted by molar-refractivity contribution is 5.72. The van der Waals surface area contributed by atoms with Gasteiger partial charge in [-0.25, -0.2) is 0 Å². The van der Waals surface area contributed by atoms with Gasteiger partial charge in [-0.3, -0.25) is 4.79 Å². The fraction of sp³-hybridized carbons (Fsp3) is 0.400. The maximum Gasteiger partial charge on any atom is 0.322 e. The monoisotopic (exact) mass is 156 g/mol. The number of aliphatic carboxylic acids is 1. The van der Waals surface area contributed by atoms with Gasteiger partial charge in [0, 0.05) is 0 Å². The fourth-order valence-corrected chi connectivity index (χ4v) is 0.592. The van der Waals surface area contributed by atoms with Gasteiger partial charge in [-0.05, 0) is 0 Å². The van der Waals surface area contributed by atoms with Crippen LogP contribution in [0.1, 0.15) is 0 Å². The molecule has 0 saturated carbocycles. The van der Waals surface area contributed by atoms with Crippen molar-refractivity contribution in [3.05, 3.63) is 12.4 Å². The molecule has 0 saturated heterocycles. The molecule has 1 heterocycles. The van der Waals surface area contributed by atoms with Crippen LogP contribution < -0.4 is 5.73 Å². The van der Waals surface area contributed by atoms with Gasteiger partial charge in [0.15, 0.2) is 0 Å². The Balaban J connectivity index is 2.50. The number of carboxylic acids is 1. The van der Waals surface area contributed by atoms with Gasteiger partial charge in [-0.2, -0.15) is 15.0 Å². The van der Waals surface area contributed by atoms with Gasteiger partial charge in [-0.15, -0.1) is 0 Å². The summed E-state index contributed by atoms with van der Waals surface area (Å²) < 4.78 is 0. The number of nitrogens with two attached hydrogens (primary N) is 1. The van der Waals surface area contributed by atoms with Crippen LogP contribution in [0.2, 0.25) is 0 Å². The maximum atomic E-state index is 10.2. The van der Waals surface area contributed by atoms with Gasteiger partial charge in [0.05, 0.1) is 18.9 Å². The molecule has 1 aromatic rings. The first-order valence-electron chi connectivity index (χ1n) is 3.02. The summed E-state index contributed by atoms with van der Waals surface area (Å²) in [6, 6.07) is -0.942. The highest BCUT2D eigenvalue weighted by Gasteiger charge is 2.11. The Morgan fingerprint density at radius 2 is 2.18 bits per heavy atom. The number of hydrogen-bond donors (Lipinski definition) is 2. The number of nitrogens with zero attached hydrogens (tertiary/aromatic N) is 3. The molecule has 1 atom stereocenters. The van der Waals surface area contributed by atoms with Crippen molar-refractivity contribution in [1.29, 1.82) is 0 Å². The zero-order chi connectivity index (χ0) is 8.27. The zero-order valence-corrected chi connectivity index (χ0v) is 5.71. The molecule has 0 spiro atoms. The van der Waals surface area contributed by atoms with E-state index in [1.807, 2.05) is 0 Å². The van der Waals surface area contributed by atoms with Gasteiger partial charge in [0.2, 0.25) is 0 Å². The highest BCUT2D eigenvalue weighted by Crippen LogP contribution is 1.84. The molecular weight excluding hydrogens is 148 g/mol. The first-order chi connectivity index (χ1) is 5.20. The Labute approximate surface area is 62.6 Å². The number of aromatic nitrogens is 3. The molecule has 0 radical (unpaired) electrons. The summed E-state index contributed by atoms with van der Waals surface area (Å²) in [5, 5.41) is 15.8. The standard InChI is InChI=1S/C5H8N4O2/c6-4(5(10)11)3-9-7-1-2-8-9/h1-2,4H,3,6H2,(H,10,11). The zero-order valence-electron chi connectivity index (χ0n) is 5.71. The molecule has 11 heavy (non-hydrogen) atoms. The Kier molecular flexibility index (Phi) is 2.17. The van der Waals surface area contributed by atoms with E-state index in [1.165, 1.54) is 17.2 Å². The van der Waals surface area contributed by atoms with Crippen molar-refractivity contribution in [3.63, 3.8) is 0 Å². The average molecular weight is 156 g/mol. The van der Waals surface area contributed by atoms with Gasteiger partial charge in [0.1, 0.15) is 6.04 Å². The molecule has 1 unspecified atom stereocenters. The van der Waals surface area contributed by atoms with Crippen molar-refractivity contribution in [2.75, 3.05) is 0 Å². The van der Waals surface area contributed by atoms with Crippen molar-refractivity contribution < 1.29 is 9.90 Å². The quantitative estimate of drug-likeness (QED) is 0.566. The molecule has 0 amide bonds. The smallest absolute Gasteiger partial charge is 0.322 e. The summed E-state index contributed by atoms with van der Waals surface area (Å²) in [6.07, 6.45) is 2.93.